The highest BCUT2D eigenvalue weighted by atomic mass is 16.5. The van der Waals surface area contributed by atoms with Crippen LogP contribution in [-0.4, -0.2) is 12.7 Å². The van der Waals surface area contributed by atoms with Crippen LogP contribution in [0.15, 0.2) is 23.3 Å². The van der Waals surface area contributed by atoms with Crippen LogP contribution in [0.2, 0.25) is 0 Å². The molecule has 1 aliphatic heterocycles. The Kier molecular flexibility index (Phi) is 4.37. The van der Waals surface area contributed by atoms with E-state index in [0.717, 1.165) is 13.0 Å². The molecular formula is C15H26O. The highest BCUT2D eigenvalue weighted by molar-refractivity contribution is 5.13. The second-order valence-electron chi connectivity index (χ2n) is 6.12. The first-order chi connectivity index (χ1) is 7.30. The molecule has 0 aromatic rings. The summed E-state index contributed by atoms with van der Waals surface area (Å²) in [5.41, 5.74) is 3.23. The van der Waals surface area contributed by atoms with Crippen molar-refractivity contribution in [3.05, 3.63) is 23.3 Å². The summed E-state index contributed by atoms with van der Waals surface area (Å²) < 4.78 is 5.73. The van der Waals surface area contributed by atoms with Gasteiger partial charge in [-0.1, -0.05) is 51.0 Å². The summed E-state index contributed by atoms with van der Waals surface area (Å²) in [7, 11) is 0. The lowest BCUT2D eigenvalue weighted by Crippen LogP contribution is -2.21. The van der Waals surface area contributed by atoms with Gasteiger partial charge in [0.15, 0.2) is 0 Å². The van der Waals surface area contributed by atoms with Crippen molar-refractivity contribution in [3.63, 3.8) is 0 Å². The zero-order valence-corrected chi connectivity index (χ0v) is 11.6. The van der Waals surface area contributed by atoms with Crippen LogP contribution in [0.5, 0.6) is 0 Å². The van der Waals surface area contributed by atoms with Gasteiger partial charge >= 0.3 is 0 Å². The molecule has 1 nitrogen and oxygen atoms in total. The largest absolute Gasteiger partial charge is 0.370 e. The van der Waals surface area contributed by atoms with E-state index < -0.39 is 0 Å². The van der Waals surface area contributed by atoms with Gasteiger partial charge in [-0.05, 0) is 31.6 Å². The van der Waals surface area contributed by atoms with E-state index in [4.69, 9.17) is 4.74 Å². The maximum absolute atomic E-state index is 5.73. The lowest BCUT2D eigenvalue weighted by molar-refractivity contribution is 0.0973. The van der Waals surface area contributed by atoms with Gasteiger partial charge in [0.25, 0.3) is 0 Å². The zero-order chi connectivity index (χ0) is 12.3. The SMILES string of the molecule is CC1=CCO[C@H](/C=C(\C)[C@H](C)C(C)(C)C)C1. The molecule has 0 aromatic carbocycles. The van der Waals surface area contributed by atoms with E-state index in [-0.39, 0.29) is 6.10 Å². The van der Waals surface area contributed by atoms with Crippen molar-refractivity contribution in [3.8, 4) is 0 Å². The third kappa shape index (κ3) is 3.79. The first-order valence-electron chi connectivity index (χ1n) is 6.26. The molecule has 0 N–H and O–H groups in total. The van der Waals surface area contributed by atoms with Crippen molar-refractivity contribution >= 4 is 0 Å². The minimum absolute atomic E-state index is 0.287. The van der Waals surface area contributed by atoms with Crippen molar-refractivity contribution in [1.82, 2.24) is 0 Å². The third-order valence-corrected chi connectivity index (χ3v) is 3.70. The van der Waals surface area contributed by atoms with Crippen LogP contribution < -0.4 is 0 Å². The average Bonchev–Trinajstić information content (AvgIpc) is 2.15. The lowest BCUT2D eigenvalue weighted by atomic mass is 9.77. The Bertz CT molecular complexity index is 291. The normalized spacial score (nSPS) is 25.2. The van der Waals surface area contributed by atoms with Gasteiger partial charge in [0.1, 0.15) is 0 Å². The molecule has 0 radical (unpaired) electrons. The number of hydrogen-bond acceptors (Lipinski definition) is 1. The van der Waals surface area contributed by atoms with Gasteiger partial charge < -0.3 is 4.74 Å². The van der Waals surface area contributed by atoms with Crippen molar-refractivity contribution in [2.24, 2.45) is 11.3 Å². The summed E-state index contributed by atoms with van der Waals surface area (Å²) in [6, 6.07) is 0. The van der Waals surface area contributed by atoms with E-state index in [0.29, 0.717) is 11.3 Å². The minimum atomic E-state index is 0.287. The summed E-state index contributed by atoms with van der Waals surface area (Å²) >= 11 is 0. The van der Waals surface area contributed by atoms with Crippen LogP contribution in [-0.2, 0) is 4.74 Å². The lowest BCUT2D eigenvalue weighted by Gasteiger charge is -2.29. The summed E-state index contributed by atoms with van der Waals surface area (Å²) in [5.74, 6) is 0.599. The van der Waals surface area contributed by atoms with Gasteiger partial charge in [0.2, 0.25) is 0 Å². The Morgan fingerprint density at radius 3 is 2.62 bits per heavy atom. The Labute approximate surface area is 101 Å². The zero-order valence-electron chi connectivity index (χ0n) is 11.6. The topological polar surface area (TPSA) is 9.23 Å². The fraction of sp³-hybridized carbons (Fsp3) is 0.733. The molecule has 92 valence electrons. The first-order valence-corrected chi connectivity index (χ1v) is 6.26. The maximum Gasteiger partial charge on any atom is 0.0799 e. The molecule has 0 aliphatic carbocycles. The smallest absolute Gasteiger partial charge is 0.0799 e. The molecule has 0 aromatic heterocycles. The first kappa shape index (κ1) is 13.5. The Balaban J connectivity index is 2.66. The van der Waals surface area contributed by atoms with E-state index in [1.165, 1.54) is 11.1 Å². The molecule has 0 saturated carbocycles. The van der Waals surface area contributed by atoms with Gasteiger partial charge in [-0.15, -0.1) is 0 Å². The fourth-order valence-electron chi connectivity index (χ4n) is 2.00. The van der Waals surface area contributed by atoms with Crippen LogP contribution in [0, 0.1) is 11.3 Å². The standard InChI is InChI=1S/C15H26O/c1-11-7-8-16-14(9-11)10-12(2)13(3)15(4,5)6/h7,10,13-14H,8-9H2,1-6H3/b12-10+/t13-,14-/m0/s1. The van der Waals surface area contributed by atoms with E-state index in [2.05, 4.69) is 53.7 Å². The predicted octanol–water partition coefficient (Wildman–Crippen LogP) is 4.35. The molecular weight excluding hydrogens is 196 g/mol. The Morgan fingerprint density at radius 2 is 2.12 bits per heavy atom. The monoisotopic (exact) mass is 222 g/mol. The molecule has 1 heteroatoms. The van der Waals surface area contributed by atoms with E-state index in [1.54, 1.807) is 0 Å². The second-order valence-corrected chi connectivity index (χ2v) is 6.12. The van der Waals surface area contributed by atoms with Gasteiger partial charge in [-0.3, -0.25) is 0 Å². The minimum Gasteiger partial charge on any atom is -0.370 e. The van der Waals surface area contributed by atoms with Crippen LogP contribution >= 0.6 is 0 Å². The molecule has 0 saturated heterocycles. The summed E-state index contributed by atoms with van der Waals surface area (Å²) in [4.78, 5) is 0. The molecule has 16 heavy (non-hydrogen) atoms. The predicted molar refractivity (Wildman–Crippen MR) is 70.5 cm³/mol. The van der Waals surface area contributed by atoms with Crippen LogP contribution in [0.1, 0.15) is 48.0 Å². The second kappa shape index (κ2) is 5.18. The Morgan fingerprint density at radius 1 is 1.50 bits per heavy atom. The van der Waals surface area contributed by atoms with Crippen molar-refractivity contribution in [2.45, 2.75) is 54.1 Å². The summed E-state index contributed by atoms with van der Waals surface area (Å²) in [6.45, 7) is 14.4. The Hall–Kier alpha value is -0.560. The third-order valence-electron chi connectivity index (χ3n) is 3.70. The molecule has 1 aliphatic rings. The van der Waals surface area contributed by atoms with Crippen molar-refractivity contribution in [2.75, 3.05) is 6.61 Å². The number of ether oxygens (including phenoxy) is 1. The molecule has 0 bridgehead atoms. The van der Waals surface area contributed by atoms with Crippen LogP contribution in [0.3, 0.4) is 0 Å². The van der Waals surface area contributed by atoms with Gasteiger partial charge in [-0.2, -0.15) is 0 Å². The highest BCUT2D eigenvalue weighted by Gasteiger charge is 2.22. The number of hydrogen-bond donors (Lipinski definition) is 0. The molecule has 1 heterocycles. The molecule has 0 amide bonds. The summed E-state index contributed by atoms with van der Waals surface area (Å²) in [5, 5.41) is 0. The fourth-order valence-corrected chi connectivity index (χ4v) is 2.00. The van der Waals surface area contributed by atoms with Gasteiger partial charge in [-0.25, -0.2) is 0 Å². The van der Waals surface area contributed by atoms with E-state index in [1.807, 2.05) is 0 Å². The van der Waals surface area contributed by atoms with Crippen LogP contribution in [0.4, 0.5) is 0 Å². The molecule has 2 atom stereocenters. The van der Waals surface area contributed by atoms with Crippen LogP contribution in [0.25, 0.3) is 0 Å². The van der Waals surface area contributed by atoms with Crippen molar-refractivity contribution < 1.29 is 4.74 Å². The summed E-state index contributed by atoms with van der Waals surface area (Å²) in [6.07, 6.45) is 5.82. The highest BCUT2D eigenvalue weighted by Crippen LogP contribution is 2.32. The molecule has 0 spiro atoms. The van der Waals surface area contributed by atoms with Gasteiger partial charge in [0.05, 0.1) is 12.7 Å². The van der Waals surface area contributed by atoms with E-state index in [9.17, 15) is 0 Å². The molecule has 1 rings (SSSR count). The number of allylic oxidation sites excluding steroid dienone is 1. The van der Waals surface area contributed by atoms with Gasteiger partial charge in [0, 0.05) is 0 Å². The van der Waals surface area contributed by atoms with E-state index >= 15 is 0 Å². The number of rotatable bonds is 2. The molecule has 0 fully saturated rings. The molecule has 0 unspecified atom stereocenters. The quantitative estimate of drug-likeness (QED) is 0.631. The maximum atomic E-state index is 5.73. The van der Waals surface area contributed by atoms with Crippen molar-refractivity contribution in [1.29, 1.82) is 0 Å². The average molecular weight is 222 g/mol.